The van der Waals surface area contributed by atoms with E-state index in [-0.39, 0.29) is 0 Å². The summed E-state index contributed by atoms with van der Waals surface area (Å²) in [4.78, 5) is 21.0. The van der Waals surface area contributed by atoms with Gasteiger partial charge in [0.25, 0.3) is 0 Å². The summed E-state index contributed by atoms with van der Waals surface area (Å²) in [5.74, 6) is -1.23. The number of rotatable bonds is 2. The summed E-state index contributed by atoms with van der Waals surface area (Å²) in [7, 11) is 0. The lowest BCUT2D eigenvalue weighted by Gasteiger charge is -2.17. The number of primary amides is 1. The first-order valence-corrected chi connectivity index (χ1v) is 3.52. The molecular weight excluding hydrogens is 158 g/mol. The van der Waals surface area contributed by atoms with Gasteiger partial charge in [-0.15, -0.1) is 0 Å². The van der Waals surface area contributed by atoms with Gasteiger partial charge >= 0.3 is 5.97 Å². The van der Waals surface area contributed by atoms with Gasteiger partial charge in [0.2, 0.25) is 5.91 Å². The van der Waals surface area contributed by atoms with Gasteiger partial charge in [0, 0.05) is 12.2 Å². The topological polar surface area (TPSA) is 69.4 Å². The Balaban J connectivity index is 3.99. The fourth-order valence-corrected chi connectivity index (χ4v) is 0.486. The minimum Gasteiger partial charge on any atom is -0.457 e. The Bertz CT molecular complexity index is 213. The van der Waals surface area contributed by atoms with Gasteiger partial charge in [-0.25, -0.2) is 4.79 Å². The van der Waals surface area contributed by atoms with E-state index in [1.807, 2.05) is 0 Å². The smallest absolute Gasteiger partial charge is 0.331 e. The van der Waals surface area contributed by atoms with Gasteiger partial charge < -0.3 is 10.5 Å². The molecule has 0 radical (unpaired) electrons. The number of nitrogens with two attached hydrogens (primary N) is 1. The second kappa shape index (κ2) is 3.90. The molecule has 0 fully saturated rings. The molecule has 4 nitrogen and oxygen atoms in total. The average molecular weight is 171 g/mol. The largest absolute Gasteiger partial charge is 0.457 e. The highest BCUT2D eigenvalue weighted by Crippen LogP contribution is 2.06. The van der Waals surface area contributed by atoms with Gasteiger partial charge in [-0.05, 0) is 20.8 Å². The molecule has 0 aromatic rings. The van der Waals surface area contributed by atoms with Crippen molar-refractivity contribution >= 4 is 11.9 Å². The second-order valence-corrected chi connectivity index (χ2v) is 3.27. The van der Waals surface area contributed by atoms with Crippen LogP contribution in [0.5, 0.6) is 0 Å². The monoisotopic (exact) mass is 171 g/mol. The van der Waals surface area contributed by atoms with Gasteiger partial charge in [-0.1, -0.05) is 0 Å². The fraction of sp³-hybridized carbons (Fsp3) is 0.500. The van der Waals surface area contributed by atoms with Crippen molar-refractivity contribution in [1.82, 2.24) is 0 Å². The van der Waals surface area contributed by atoms with Crippen LogP contribution in [0.4, 0.5) is 0 Å². The maximum atomic E-state index is 10.8. The lowest BCUT2D eigenvalue weighted by Crippen LogP contribution is -2.22. The highest BCUT2D eigenvalue weighted by Gasteiger charge is 2.13. The molecule has 0 aliphatic rings. The zero-order valence-corrected chi connectivity index (χ0v) is 7.46. The van der Waals surface area contributed by atoms with Crippen LogP contribution >= 0.6 is 0 Å². The summed E-state index contributed by atoms with van der Waals surface area (Å²) in [6.07, 6.45) is 1.97. The van der Waals surface area contributed by atoms with E-state index in [4.69, 9.17) is 10.5 Å². The van der Waals surface area contributed by atoms with Crippen LogP contribution in [0.15, 0.2) is 12.2 Å². The Labute approximate surface area is 71.4 Å². The molecule has 1 amide bonds. The minimum absolute atomic E-state index is 0.543. The molecule has 0 spiro atoms. The Morgan fingerprint density at radius 3 is 2.08 bits per heavy atom. The molecule has 0 unspecified atom stereocenters. The van der Waals surface area contributed by atoms with Crippen molar-refractivity contribution in [3.8, 4) is 0 Å². The molecular formula is C8H13NO3. The Morgan fingerprint density at radius 1 is 1.25 bits per heavy atom. The van der Waals surface area contributed by atoms with Crippen molar-refractivity contribution in [1.29, 1.82) is 0 Å². The number of esters is 1. The van der Waals surface area contributed by atoms with Crippen LogP contribution < -0.4 is 5.73 Å². The van der Waals surface area contributed by atoms with Crippen LogP contribution in [0.3, 0.4) is 0 Å². The van der Waals surface area contributed by atoms with Crippen LogP contribution in [0.2, 0.25) is 0 Å². The van der Waals surface area contributed by atoms with Crippen LogP contribution in [0.25, 0.3) is 0 Å². The van der Waals surface area contributed by atoms with Crippen LogP contribution in [0, 0.1) is 0 Å². The van der Waals surface area contributed by atoms with Gasteiger partial charge in [-0.2, -0.15) is 0 Å². The summed E-state index contributed by atoms with van der Waals surface area (Å²) < 4.78 is 4.85. The van der Waals surface area contributed by atoms with Crippen LogP contribution in [-0.4, -0.2) is 17.5 Å². The number of hydrogen-bond acceptors (Lipinski definition) is 3. The standard InChI is InChI=1S/C8H13NO3/c1-8(2,3)12-7(11)5-4-6(9)10/h4-5H,1-3H3,(H2,9,10)/b5-4-. The molecule has 0 aromatic carbocycles. The number of ether oxygens (including phenoxy) is 1. The second-order valence-electron chi connectivity index (χ2n) is 3.27. The first-order chi connectivity index (χ1) is 5.31. The lowest BCUT2D eigenvalue weighted by atomic mass is 10.2. The van der Waals surface area contributed by atoms with Crippen molar-refractivity contribution in [2.45, 2.75) is 26.4 Å². The number of amides is 1. The third kappa shape index (κ3) is 6.80. The van der Waals surface area contributed by atoms with Crippen LogP contribution in [-0.2, 0) is 14.3 Å². The minimum atomic E-state index is -0.666. The Hall–Kier alpha value is -1.32. The Morgan fingerprint density at radius 2 is 1.75 bits per heavy atom. The summed E-state index contributed by atoms with van der Waals surface area (Å²) in [6.45, 7) is 5.22. The normalized spacial score (nSPS) is 11.6. The summed E-state index contributed by atoms with van der Waals surface area (Å²) in [5, 5.41) is 0. The molecule has 0 saturated heterocycles. The number of carbonyl (C=O) groups is 2. The van der Waals surface area contributed by atoms with E-state index in [0.29, 0.717) is 0 Å². The molecule has 0 rings (SSSR count). The highest BCUT2D eigenvalue weighted by atomic mass is 16.6. The van der Waals surface area contributed by atoms with Gasteiger partial charge in [0.15, 0.2) is 0 Å². The summed E-state index contributed by atoms with van der Waals surface area (Å²) in [5.41, 5.74) is 4.23. The fourth-order valence-electron chi connectivity index (χ4n) is 0.486. The van der Waals surface area contributed by atoms with Gasteiger partial charge in [0.1, 0.15) is 5.60 Å². The number of hydrogen-bond donors (Lipinski definition) is 1. The maximum absolute atomic E-state index is 10.8. The van der Waals surface area contributed by atoms with Crippen molar-refractivity contribution < 1.29 is 14.3 Å². The van der Waals surface area contributed by atoms with Gasteiger partial charge in [-0.3, -0.25) is 4.79 Å². The summed E-state index contributed by atoms with van der Waals surface area (Å²) in [6, 6.07) is 0. The van der Waals surface area contributed by atoms with E-state index < -0.39 is 17.5 Å². The van der Waals surface area contributed by atoms with Crippen LogP contribution in [0.1, 0.15) is 20.8 Å². The zero-order valence-electron chi connectivity index (χ0n) is 7.46. The van der Waals surface area contributed by atoms with Crippen molar-refractivity contribution in [3.05, 3.63) is 12.2 Å². The zero-order chi connectivity index (χ0) is 9.78. The molecule has 0 saturated carbocycles. The van der Waals surface area contributed by atoms with E-state index in [1.165, 1.54) is 0 Å². The third-order valence-corrected chi connectivity index (χ3v) is 0.790. The molecule has 0 heterocycles. The molecule has 4 heteroatoms. The van der Waals surface area contributed by atoms with Crippen molar-refractivity contribution in [3.63, 3.8) is 0 Å². The molecule has 68 valence electrons. The molecule has 0 aromatic heterocycles. The van der Waals surface area contributed by atoms with E-state index in [2.05, 4.69) is 0 Å². The molecule has 0 aliphatic carbocycles. The third-order valence-electron chi connectivity index (χ3n) is 0.790. The molecule has 12 heavy (non-hydrogen) atoms. The average Bonchev–Trinajstić information content (AvgIpc) is 1.79. The van der Waals surface area contributed by atoms with E-state index in [0.717, 1.165) is 12.2 Å². The maximum Gasteiger partial charge on any atom is 0.331 e. The predicted octanol–water partition coefficient (Wildman–Crippen LogP) is 0.370. The van der Waals surface area contributed by atoms with E-state index in [9.17, 15) is 9.59 Å². The highest BCUT2D eigenvalue weighted by molar-refractivity contribution is 5.93. The summed E-state index contributed by atoms with van der Waals surface area (Å²) >= 11 is 0. The van der Waals surface area contributed by atoms with E-state index >= 15 is 0 Å². The molecule has 0 bridgehead atoms. The number of carbonyl (C=O) groups excluding carboxylic acids is 2. The van der Waals surface area contributed by atoms with Crippen molar-refractivity contribution in [2.75, 3.05) is 0 Å². The van der Waals surface area contributed by atoms with E-state index in [1.54, 1.807) is 20.8 Å². The van der Waals surface area contributed by atoms with Gasteiger partial charge in [0.05, 0.1) is 0 Å². The molecule has 0 atom stereocenters. The molecule has 0 aliphatic heterocycles. The SMILES string of the molecule is CC(C)(C)OC(=O)/C=C\C(N)=O. The first-order valence-electron chi connectivity index (χ1n) is 3.52. The Kier molecular flexibility index (Phi) is 3.47. The predicted molar refractivity (Wildman–Crippen MR) is 44.2 cm³/mol. The molecule has 2 N–H and O–H groups in total. The van der Waals surface area contributed by atoms with Crippen molar-refractivity contribution in [2.24, 2.45) is 5.73 Å². The lowest BCUT2D eigenvalue weighted by molar-refractivity contribution is -0.148. The first kappa shape index (κ1) is 10.7. The quantitative estimate of drug-likeness (QED) is 0.482.